The van der Waals surface area contributed by atoms with Crippen molar-refractivity contribution in [2.45, 2.75) is 19.3 Å². The van der Waals surface area contributed by atoms with Gasteiger partial charge >= 0.3 is 0 Å². The van der Waals surface area contributed by atoms with E-state index in [1.54, 1.807) is 0 Å². The number of anilines is 6. The van der Waals surface area contributed by atoms with Gasteiger partial charge in [0.15, 0.2) is 0 Å². The van der Waals surface area contributed by atoms with E-state index in [1.807, 2.05) is 0 Å². The van der Waals surface area contributed by atoms with Crippen LogP contribution in [0.1, 0.15) is 25.0 Å². The van der Waals surface area contributed by atoms with Gasteiger partial charge in [-0.25, -0.2) is 0 Å². The second-order valence-corrected chi connectivity index (χ2v) is 17.0. The molecule has 0 heterocycles. The van der Waals surface area contributed by atoms with Gasteiger partial charge in [-0.1, -0.05) is 172 Å². The van der Waals surface area contributed by atoms with Gasteiger partial charge in [-0.3, -0.25) is 0 Å². The zero-order chi connectivity index (χ0) is 42.3. The van der Waals surface area contributed by atoms with Crippen LogP contribution >= 0.6 is 0 Å². The highest BCUT2D eigenvalue weighted by Gasteiger charge is 2.38. The average Bonchev–Trinajstić information content (AvgIpc) is 3.56. The lowest BCUT2D eigenvalue weighted by Crippen LogP contribution is -2.17. The third-order valence-electron chi connectivity index (χ3n) is 12.8. The van der Waals surface area contributed by atoms with Gasteiger partial charge in [0.1, 0.15) is 0 Å². The molecule has 0 atom stereocenters. The van der Waals surface area contributed by atoms with E-state index in [2.05, 4.69) is 266 Å². The Morgan fingerprint density at radius 3 is 1.21 bits per heavy atom. The molecule has 0 unspecified atom stereocenters. The lowest BCUT2D eigenvalue weighted by atomic mass is 9.81. The fourth-order valence-electron chi connectivity index (χ4n) is 9.73. The minimum absolute atomic E-state index is 0.220. The normalized spacial score (nSPS) is 12.4. The van der Waals surface area contributed by atoms with Crippen LogP contribution in [0, 0.1) is 0 Å². The molecule has 10 aromatic carbocycles. The molecular formula is C61H46N2. The lowest BCUT2D eigenvalue weighted by molar-refractivity contribution is 0.661. The van der Waals surface area contributed by atoms with Crippen molar-refractivity contribution < 1.29 is 0 Å². The van der Waals surface area contributed by atoms with E-state index in [0.29, 0.717) is 0 Å². The summed E-state index contributed by atoms with van der Waals surface area (Å²) in [5.74, 6) is 0. The minimum atomic E-state index is -0.220. The van der Waals surface area contributed by atoms with Crippen LogP contribution in [0.2, 0.25) is 0 Å². The van der Waals surface area contributed by atoms with E-state index in [-0.39, 0.29) is 5.41 Å². The molecule has 63 heavy (non-hydrogen) atoms. The standard InChI is InChI=1S/C61H46N2/c1-61(2)58-40-45-24-16-15-23-44(45)39-57(58)60-56(43-21-7-3-8-22-43)41-53(42-59(60)61)63(50-31-13-6-14-32-50)52-34-20-26-47(38-52)55-36-18-17-35-54(55)46-25-19-33-51(37-46)62(48-27-9-4-10-28-48)49-29-11-5-12-30-49/h3-42H,1-2H3. The molecule has 1 aliphatic carbocycles. The third-order valence-corrected chi connectivity index (χ3v) is 12.8. The Morgan fingerprint density at radius 1 is 0.270 bits per heavy atom. The summed E-state index contributed by atoms with van der Waals surface area (Å²) in [4.78, 5) is 4.76. The van der Waals surface area contributed by atoms with Crippen LogP contribution in [0.15, 0.2) is 243 Å². The number of nitrogens with zero attached hydrogens (tertiary/aromatic N) is 2. The van der Waals surface area contributed by atoms with Gasteiger partial charge in [-0.15, -0.1) is 0 Å². The number of fused-ring (bicyclic) bond motifs is 4. The van der Waals surface area contributed by atoms with E-state index in [1.165, 1.54) is 55.3 Å². The van der Waals surface area contributed by atoms with Crippen molar-refractivity contribution in [2.24, 2.45) is 0 Å². The SMILES string of the molecule is CC1(C)c2cc3ccccc3cc2-c2c(-c3ccccc3)cc(N(c3ccccc3)c3cccc(-c4ccccc4-c4cccc(N(c5ccccc5)c5ccccc5)c4)c3)cc21. The largest absolute Gasteiger partial charge is 0.310 e. The summed E-state index contributed by atoms with van der Waals surface area (Å²) in [6.07, 6.45) is 0. The van der Waals surface area contributed by atoms with E-state index in [9.17, 15) is 0 Å². The topological polar surface area (TPSA) is 6.48 Å². The highest BCUT2D eigenvalue weighted by atomic mass is 15.1. The molecule has 1 aliphatic rings. The van der Waals surface area contributed by atoms with Gasteiger partial charge in [-0.2, -0.15) is 0 Å². The number of para-hydroxylation sites is 3. The molecule has 0 aliphatic heterocycles. The number of rotatable bonds is 9. The smallest absolute Gasteiger partial charge is 0.0471 e. The monoisotopic (exact) mass is 806 g/mol. The van der Waals surface area contributed by atoms with Crippen molar-refractivity contribution in [1.82, 2.24) is 0 Å². The van der Waals surface area contributed by atoms with Crippen LogP contribution in [-0.4, -0.2) is 0 Å². The number of hydrogen-bond donors (Lipinski definition) is 0. The highest BCUT2D eigenvalue weighted by Crippen LogP contribution is 2.55. The summed E-state index contributed by atoms with van der Waals surface area (Å²) in [6, 6.07) is 88.2. The maximum Gasteiger partial charge on any atom is 0.0471 e. The van der Waals surface area contributed by atoms with Crippen molar-refractivity contribution >= 4 is 44.9 Å². The molecule has 300 valence electrons. The molecule has 0 radical (unpaired) electrons. The number of benzene rings is 10. The summed E-state index contributed by atoms with van der Waals surface area (Å²) in [5, 5.41) is 2.54. The molecule has 11 rings (SSSR count). The molecule has 10 aromatic rings. The van der Waals surface area contributed by atoms with Gasteiger partial charge in [0.05, 0.1) is 0 Å². The van der Waals surface area contributed by atoms with Crippen LogP contribution in [0.25, 0.3) is 55.3 Å². The number of hydrogen-bond acceptors (Lipinski definition) is 2. The van der Waals surface area contributed by atoms with Crippen LogP contribution in [0.3, 0.4) is 0 Å². The average molecular weight is 807 g/mol. The fourth-order valence-corrected chi connectivity index (χ4v) is 9.73. The Bertz CT molecular complexity index is 3210. The Labute approximate surface area is 370 Å². The Balaban J connectivity index is 1.06. The zero-order valence-electron chi connectivity index (χ0n) is 35.5. The molecule has 0 N–H and O–H groups in total. The summed E-state index contributed by atoms with van der Waals surface area (Å²) in [6.45, 7) is 4.78. The molecular weight excluding hydrogens is 761 g/mol. The quantitative estimate of drug-likeness (QED) is 0.143. The molecule has 2 nitrogen and oxygen atoms in total. The highest BCUT2D eigenvalue weighted by molar-refractivity contribution is 6.01. The zero-order valence-corrected chi connectivity index (χ0v) is 35.5. The molecule has 0 amide bonds. The van der Waals surface area contributed by atoms with Gasteiger partial charge in [0, 0.05) is 39.5 Å². The summed E-state index contributed by atoms with van der Waals surface area (Å²) >= 11 is 0. The van der Waals surface area contributed by atoms with Gasteiger partial charge in [0.25, 0.3) is 0 Å². The molecule has 0 bridgehead atoms. The molecule has 0 saturated heterocycles. The first kappa shape index (κ1) is 38.0. The summed E-state index contributed by atoms with van der Waals surface area (Å²) in [7, 11) is 0. The Morgan fingerprint density at radius 2 is 0.683 bits per heavy atom. The van der Waals surface area contributed by atoms with Crippen LogP contribution in [0.5, 0.6) is 0 Å². The van der Waals surface area contributed by atoms with Crippen LogP contribution < -0.4 is 9.80 Å². The first-order valence-electron chi connectivity index (χ1n) is 21.8. The van der Waals surface area contributed by atoms with Crippen molar-refractivity contribution in [2.75, 3.05) is 9.80 Å². The first-order chi connectivity index (χ1) is 31.0. The van der Waals surface area contributed by atoms with Crippen molar-refractivity contribution in [1.29, 1.82) is 0 Å². The van der Waals surface area contributed by atoms with E-state index in [4.69, 9.17) is 0 Å². The maximum absolute atomic E-state index is 2.46. The Hall–Kier alpha value is -7.94. The first-order valence-corrected chi connectivity index (χ1v) is 21.8. The molecule has 0 aromatic heterocycles. The van der Waals surface area contributed by atoms with Gasteiger partial charge < -0.3 is 9.80 Å². The molecule has 2 heteroatoms. The maximum atomic E-state index is 2.46. The summed E-state index contributed by atoms with van der Waals surface area (Å²) < 4.78 is 0. The molecule has 0 spiro atoms. The van der Waals surface area contributed by atoms with Crippen molar-refractivity contribution in [3.8, 4) is 44.5 Å². The summed E-state index contributed by atoms with van der Waals surface area (Å²) in [5.41, 5.74) is 18.9. The second-order valence-electron chi connectivity index (χ2n) is 17.0. The molecule has 0 saturated carbocycles. The third kappa shape index (κ3) is 6.87. The minimum Gasteiger partial charge on any atom is -0.310 e. The van der Waals surface area contributed by atoms with Crippen LogP contribution in [0.4, 0.5) is 34.1 Å². The predicted octanol–water partition coefficient (Wildman–Crippen LogP) is 17.1. The Kier molecular flexibility index (Phi) is 9.55. The predicted molar refractivity (Wildman–Crippen MR) is 267 cm³/mol. The van der Waals surface area contributed by atoms with Crippen molar-refractivity contribution in [3.63, 3.8) is 0 Å². The van der Waals surface area contributed by atoms with Crippen molar-refractivity contribution in [3.05, 3.63) is 254 Å². The lowest BCUT2D eigenvalue weighted by Gasteiger charge is -2.29. The molecule has 0 fully saturated rings. The van der Waals surface area contributed by atoms with Gasteiger partial charge in [0.2, 0.25) is 0 Å². The van der Waals surface area contributed by atoms with E-state index < -0.39 is 0 Å². The van der Waals surface area contributed by atoms with Crippen LogP contribution in [-0.2, 0) is 5.41 Å². The second kappa shape index (κ2) is 15.8. The van der Waals surface area contributed by atoms with Gasteiger partial charge in [-0.05, 0) is 151 Å². The fraction of sp³-hybridized carbons (Fsp3) is 0.0492. The van der Waals surface area contributed by atoms with E-state index >= 15 is 0 Å². The van der Waals surface area contributed by atoms with E-state index in [0.717, 1.165) is 45.3 Å².